The van der Waals surface area contributed by atoms with Crippen LogP contribution >= 0.6 is 0 Å². The standard InChI is InChI=1S/C14H14FN3O/c15-14-5-13(6-14,7-14)8-18-11-4-16-3-10-9(11)1-2-17-12(10)19/h1-4,18H,5-8H2,(H,17,19). The summed E-state index contributed by atoms with van der Waals surface area (Å²) in [7, 11) is 0. The van der Waals surface area contributed by atoms with Crippen LogP contribution in [0.4, 0.5) is 10.1 Å². The van der Waals surface area contributed by atoms with E-state index in [-0.39, 0.29) is 11.0 Å². The number of aromatic amines is 1. The third-order valence-corrected chi connectivity index (χ3v) is 4.43. The van der Waals surface area contributed by atoms with E-state index in [0.29, 0.717) is 24.6 Å². The molecule has 0 atom stereocenters. The first kappa shape index (κ1) is 11.0. The second kappa shape index (κ2) is 3.35. The van der Waals surface area contributed by atoms with E-state index < -0.39 is 5.67 Å². The van der Waals surface area contributed by atoms with Crippen molar-refractivity contribution < 1.29 is 4.39 Å². The Kier molecular flexibility index (Phi) is 1.93. The third-order valence-electron chi connectivity index (χ3n) is 4.43. The zero-order chi connectivity index (χ0) is 13.1. The van der Waals surface area contributed by atoms with E-state index in [4.69, 9.17) is 0 Å². The molecule has 4 nitrogen and oxygen atoms in total. The lowest BCUT2D eigenvalue weighted by Crippen LogP contribution is -2.66. The second-order valence-electron chi connectivity index (χ2n) is 5.99. The van der Waals surface area contributed by atoms with Crippen LogP contribution in [0, 0.1) is 5.41 Å². The SMILES string of the molecule is O=c1[nH]ccc2c(NCC34CC(F)(C3)C4)cncc12. The van der Waals surface area contributed by atoms with Gasteiger partial charge >= 0.3 is 0 Å². The molecule has 3 fully saturated rings. The average Bonchev–Trinajstić information content (AvgIpc) is 2.33. The third kappa shape index (κ3) is 1.50. The minimum Gasteiger partial charge on any atom is -0.383 e. The predicted octanol–water partition coefficient (Wildman–Crippen LogP) is 2.23. The molecule has 3 saturated carbocycles. The number of hydrogen-bond donors (Lipinski definition) is 2. The van der Waals surface area contributed by atoms with Crippen LogP contribution in [-0.4, -0.2) is 22.2 Å². The monoisotopic (exact) mass is 259 g/mol. The molecule has 0 spiro atoms. The number of nitrogens with one attached hydrogen (secondary N) is 2. The Morgan fingerprint density at radius 2 is 2.11 bits per heavy atom. The van der Waals surface area contributed by atoms with Gasteiger partial charge in [0.2, 0.25) is 0 Å². The number of fused-ring (bicyclic) bond motifs is 1. The van der Waals surface area contributed by atoms with Gasteiger partial charge in [0.15, 0.2) is 0 Å². The summed E-state index contributed by atoms with van der Waals surface area (Å²) in [5, 5.41) is 4.77. The molecule has 2 N–H and O–H groups in total. The van der Waals surface area contributed by atoms with Crippen molar-refractivity contribution in [1.82, 2.24) is 9.97 Å². The van der Waals surface area contributed by atoms with E-state index in [9.17, 15) is 9.18 Å². The van der Waals surface area contributed by atoms with E-state index in [1.165, 1.54) is 0 Å². The maximum absolute atomic E-state index is 13.5. The molecule has 5 heteroatoms. The fourth-order valence-corrected chi connectivity index (χ4v) is 3.58. The summed E-state index contributed by atoms with van der Waals surface area (Å²) in [6, 6.07) is 1.86. The maximum atomic E-state index is 13.5. The van der Waals surface area contributed by atoms with Gasteiger partial charge in [0, 0.05) is 24.3 Å². The van der Waals surface area contributed by atoms with Crippen LogP contribution in [-0.2, 0) is 0 Å². The molecule has 0 radical (unpaired) electrons. The van der Waals surface area contributed by atoms with Gasteiger partial charge in [0.1, 0.15) is 5.67 Å². The first-order valence-corrected chi connectivity index (χ1v) is 6.48. The highest BCUT2D eigenvalue weighted by Gasteiger charge is 2.68. The van der Waals surface area contributed by atoms with Crippen LogP contribution in [0.25, 0.3) is 10.8 Å². The molecule has 19 heavy (non-hydrogen) atoms. The quantitative estimate of drug-likeness (QED) is 0.888. The highest BCUT2D eigenvalue weighted by atomic mass is 19.1. The number of rotatable bonds is 3. The summed E-state index contributed by atoms with van der Waals surface area (Å²) in [6.07, 6.45) is 6.94. The van der Waals surface area contributed by atoms with Crippen LogP contribution in [0.2, 0.25) is 0 Å². The number of alkyl halides is 1. The average molecular weight is 259 g/mol. The van der Waals surface area contributed by atoms with Crippen molar-refractivity contribution in [3.05, 3.63) is 35.0 Å². The van der Waals surface area contributed by atoms with Gasteiger partial charge in [-0.1, -0.05) is 0 Å². The summed E-state index contributed by atoms with van der Waals surface area (Å²) in [6.45, 7) is 0.756. The van der Waals surface area contributed by atoms with E-state index in [2.05, 4.69) is 15.3 Å². The van der Waals surface area contributed by atoms with E-state index >= 15 is 0 Å². The number of nitrogens with zero attached hydrogens (tertiary/aromatic N) is 1. The van der Waals surface area contributed by atoms with Crippen LogP contribution in [0.15, 0.2) is 29.5 Å². The van der Waals surface area contributed by atoms with E-state index in [1.807, 2.05) is 6.07 Å². The lowest BCUT2D eigenvalue weighted by Gasteiger charge is -2.66. The van der Waals surface area contributed by atoms with Crippen molar-refractivity contribution in [2.75, 3.05) is 11.9 Å². The van der Waals surface area contributed by atoms with Gasteiger partial charge in [-0.05, 0) is 30.7 Å². The number of aromatic nitrogens is 2. The molecule has 2 bridgehead atoms. The van der Waals surface area contributed by atoms with Crippen LogP contribution in [0.1, 0.15) is 19.3 Å². The topological polar surface area (TPSA) is 57.8 Å². The summed E-state index contributed by atoms with van der Waals surface area (Å²) in [5.41, 5.74) is -0.0170. The maximum Gasteiger partial charge on any atom is 0.257 e. The molecular weight excluding hydrogens is 245 g/mol. The second-order valence-corrected chi connectivity index (χ2v) is 5.99. The van der Waals surface area contributed by atoms with Crippen LogP contribution in [0.3, 0.4) is 0 Å². The molecule has 0 amide bonds. The molecule has 0 aromatic carbocycles. The van der Waals surface area contributed by atoms with Crippen LogP contribution < -0.4 is 10.9 Å². The molecule has 3 aliphatic carbocycles. The smallest absolute Gasteiger partial charge is 0.257 e. The summed E-state index contributed by atoms with van der Waals surface area (Å²) >= 11 is 0. The molecular formula is C14H14FN3O. The molecule has 5 rings (SSSR count). The van der Waals surface area contributed by atoms with Crippen molar-refractivity contribution >= 4 is 16.5 Å². The zero-order valence-electron chi connectivity index (χ0n) is 10.4. The van der Waals surface area contributed by atoms with E-state index in [0.717, 1.165) is 17.6 Å². The number of H-pyrrole nitrogens is 1. The Labute approximate surface area is 109 Å². The Hall–Kier alpha value is -1.91. The molecule has 2 aromatic rings. The molecule has 2 heterocycles. The van der Waals surface area contributed by atoms with Crippen LogP contribution in [0.5, 0.6) is 0 Å². The Morgan fingerprint density at radius 1 is 1.32 bits per heavy atom. The van der Waals surface area contributed by atoms with Gasteiger partial charge in [-0.3, -0.25) is 9.78 Å². The lowest BCUT2D eigenvalue weighted by molar-refractivity contribution is -0.204. The van der Waals surface area contributed by atoms with Crippen molar-refractivity contribution in [2.45, 2.75) is 24.9 Å². The first-order chi connectivity index (χ1) is 9.09. The minimum absolute atomic E-state index is 0.137. The largest absolute Gasteiger partial charge is 0.383 e. The molecule has 98 valence electrons. The summed E-state index contributed by atoms with van der Waals surface area (Å²) in [5.74, 6) is 0. The minimum atomic E-state index is -0.865. The van der Waals surface area contributed by atoms with Crippen molar-refractivity contribution in [2.24, 2.45) is 5.41 Å². The first-order valence-electron chi connectivity index (χ1n) is 6.48. The van der Waals surface area contributed by atoms with Crippen molar-refractivity contribution in [3.63, 3.8) is 0 Å². The van der Waals surface area contributed by atoms with Gasteiger partial charge in [0.25, 0.3) is 5.56 Å². The fourth-order valence-electron chi connectivity index (χ4n) is 3.58. The molecule has 3 aliphatic rings. The molecule has 0 unspecified atom stereocenters. The van der Waals surface area contributed by atoms with Crippen molar-refractivity contribution in [1.29, 1.82) is 0 Å². The van der Waals surface area contributed by atoms with Gasteiger partial charge in [-0.2, -0.15) is 0 Å². The summed E-state index contributed by atoms with van der Waals surface area (Å²) in [4.78, 5) is 18.4. The van der Waals surface area contributed by atoms with Gasteiger partial charge in [0.05, 0.1) is 17.3 Å². The van der Waals surface area contributed by atoms with Gasteiger partial charge in [-0.25, -0.2) is 4.39 Å². The molecule has 2 aromatic heterocycles. The van der Waals surface area contributed by atoms with Gasteiger partial charge < -0.3 is 10.3 Å². The molecule has 0 saturated heterocycles. The highest BCUT2D eigenvalue weighted by molar-refractivity contribution is 5.92. The number of pyridine rings is 2. The zero-order valence-corrected chi connectivity index (χ0v) is 10.4. The lowest BCUT2D eigenvalue weighted by atomic mass is 9.42. The normalized spacial score (nSPS) is 31.6. The van der Waals surface area contributed by atoms with E-state index in [1.54, 1.807) is 18.6 Å². The Balaban J connectivity index is 1.61. The molecule has 0 aliphatic heterocycles. The fraction of sp³-hybridized carbons (Fsp3) is 0.429. The van der Waals surface area contributed by atoms with Gasteiger partial charge in [-0.15, -0.1) is 0 Å². The number of hydrogen-bond acceptors (Lipinski definition) is 3. The number of anilines is 1. The highest BCUT2D eigenvalue weighted by Crippen LogP contribution is 2.69. The predicted molar refractivity (Wildman–Crippen MR) is 71.0 cm³/mol. The Bertz CT molecular complexity index is 704. The summed E-state index contributed by atoms with van der Waals surface area (Å²) < 4.78 is 13.5. The van der Waals surface area contributed by atoms with Crippen molar-refractivity contribution in [3.8, 4) is 0 Å². The Morgan fingerprint density at radius 3 is 2.84 bits per heavy atom. The number of halogens is 1.